The van der Waals surface area contributed by atoms with Gasteiger partial charge in [-0.1, -0.05) is 0 Å². The van der Waals surface area contributed by atoms with E-state index in [1.54, 1.807) is 5.32 Å². The van der Waals surface area contributed by atoms with E-state index in [9.17, 15) is 23.2 Å². The summed E-state index contributed by atoms with van der Waals surface area (Å²) in [6, 6.07) is 2.57. The summed E-state index contributed by atoms with van der Waals surface area (Å²) in [5.74, 6) is -1.10. The summed E-state index contributed by atoms with van der Waals surface area (Å²) in [4.78, 5) is 11.7. The summed E-state index contributed by atoms with van der Waals surface area (Å²) in [5.41, 5.74) is -0.351. The molecule has 1 unspecified atom stereocenters. The first-order valence-corrected chi connectivity index (χ1v) is 7.74. The van der Waals surface area contributed by atoms with Crippen molar-refractivity contribution in [2.24, 2.45) is 0 Å². The van der Waals surface area contributed by atoms with Gasteiger partial charge in [0.15, 0.2) is 0 Å². The number of carbonyl (C=O) groups excluding carboxylic acids is 1. The van der Waals surface area contributed by atoms with Gasteiger partial charge in [-0.3, -0.25) is 0 Å². The van der Waals surface area contributed by atoms with Gasteiger partial charge in [0, 0.05) is 0 Å². The fourth-order valence-electron chi connectivity index (χ4n) is 1.16. The van der Waals surface area contributed by atoms with Crippen LogP contribution in [0.15, 0.2) is 12.1 Å². The molecule has 0 aliphatic rings. The SMILES string of the molecule is O=C(NCC(F)(F)F)c1c(Cl)ccc([I-][NH+]([O-])O)c1Cl. The number of halogens is 6. The molecular weight excluding hydrogens is 439 g/mol. The standard InChI is InChI=1S/C9H7Cl2F3IN2O3/c10-4-1-2-5(15-17(19)20)7(11)6(4)8(18)16-3-9(12,13)14/h1-2,17,19H,3H2,(H,16,18)/q-1. The molecule has 3 N–H and O–H groups in total. The van der Waals surface area contributed by atoms with E-state index in [4.69, 9.17) is 28.4 Å². The number of carbonyl (C=O) groups is 1. The second-order valence-corrected chi connectivity index (χ2v) is 6.77. The molecule has 11 heteroatoms. The molecular formula is C9H7Cl2F3IN2O3-. The van der Waals surface area contributed by atoms with E-state index in [1.807, 2.05) is 0 Å². The van der Waals surface area contributed by atoms with E-state index in [0.717, 1.165) is 0 Å². The maximum atomic E-state index is 12.0. The second-order valence-electron chi connectivity index (χ2n) is 3.36. The number of amides is 1. The molecule has 1 amide bonds. The summed E-state index contributed by atoms with van der Waals surface area (Å²) in [5, 5.41) is 20.6. The molecule has 0 fully saturated rings. The minimum atomic E-state index is -4.57. The van der Waals surface area contributed by atoms with Crippen molar-refractivity contribution in [3.05, 3.63) is 36.5 Å². The monoisotopic (exact) mass is 445 g/mol. The number of alkyl halides is 3. The summed E-state index contributed by atoms with van der Waals surface area (Å²) in [7, 11) is 0. The van der Waals surface area contributed by atoms with Gasteiger partial charge in [-0.05, 0) is 0 Å². The van der Waals surface area contributed by atoms with Crippen molar-refractivity contribution >= 4 is 29.1 Å². The Labute approximate surface area is 131 Å². The molecule has 20 heavy (non-hydrogen) atoms. The van der Waals surface area contributed by atoms with Crippen LogP contribution in [0.25, 0.3) is 0 Å². The second kappa shape index (κ2) is 7.09. The van der Waals surface area contributed by atoms with Crippen molar-refractivity contribution in [3.8, 4) is 0 Å². The van der Waals surface area contributed by atoms with Crippen LogP contribution >= 0.6 is 23.2 Å². The zero-order valence-corrected chi connectivity index (χ0v) is 13.1. The van der Waals surface area contributed by atoms with Crippen molar-refractivity contribution in [2.45, 2.75) is 6.18 Å². The van der Waals surface area contributed by atoms with Crippen molar-refractivity contribution in [2.75, 3.05) is 6.54 Å². The van der Waals surface area contributed by atoms with Crippen LogP contribution in [-0.4, -0.2) is 23.8 Å². The molecule has 1 atom stereocenters. The summed E-state index contributed by atoms with van der Waals surface area (Å²) in [6.45, 7) is -1.53. The van der Waals surface area contributed by atoms with Crippen LogP contribution < -0.4 is 30.2 Å². The third kappa shape index (κ3) is 5.22. The van der Waals surface area contributed by atoms with Crippen LogP contribution in [0.2, 0.25) is 10.0 Å². The molecule has 5 nitrogen and oxygen atoms in total. The van der Waals surface area contributed by atoms with Crippen LogP contribution in [0.3, 0.4) is 0 Å². The van der Waals surface area contributed by atoms with E-state index < -0.39 is 43.5 Å². The van der Waals surface area contributed by atoms with E-state index in [-0.39, 0.29) is 19.2 Å². The van der Waals surface area contributed by atoms with Gasteiger partial charge in [-0.15, -0.1) is 0 Å². The molecule has 0 aliphatic heterocycles. The molecule has 0 aliphatic carbocycles. The number of benzene rings is 1. The van der Waals surface area contributed by atoms with Crippen molar-refractivity contribution in [1.29, 1.82) is 0 Å². The molecule has 1 rings (SSSR count). The number of quaternary nitrogens is 1. The Balaban J connectivity index is 3.01. The third-order valence-electron chi connectivity index (χ3n) is 1.90. The number of rotatable bonds is 4. The van der Waals surface area contributed by atoms with Gasteiger partial charge in [-0.25, -0.2) is 0 Å². The molecule has 0 heterocycles. The first-order valence-electron chi connectivity index (χ1n) is 4.82. The zero-order valence-electron chi connectivity index (χ0n) is 9.39. The van der Waals surface area contributed by atoms with Crippen molar-refractivity contribution in [3.63, 3.8) is 0 Å². The van der Waals surface area contributed by atoms with Gasteiger partial charge >= 0.3 is 132 Å². The topological polar surface area (TPSA) is 76.8 Å². The summed E-state index contributed by atoms with van der Waals surface area (Å²) < 4.78 is 35.2. The molecule has 0 spiro atoms. The van der Waals surface area contributed by atoms with Gasteiger partial charge in [0.25, 0.3) is 0 Å². The average Bonchev–Trinajstić information content (AvgIpc) is 2.29. The van der Waals surface area contributed by atoms with E-state index in [1.165, 1.54) is 12.1 Å². The van der Waals surface area contributed by atoms with Crippen LogP contribution in [0.4, 0.5) is 13.2 Å². The Hall–Kier alpha value is -0.330. The summed E-state index contributed by atoms with van der Waals surface area (Å²) in [6.07, 6.45) is -4.57. The first kappa shape index (κ1) is 17.7. The minimum absolute atomic E-state index is 0.146. The van der Waals surface area contributed by atoms with Crippen molar-refractivity contribution < 1.29 is 48.1 Å². The van der Waals surface area contributed by atoms with E-state index in [0.29, 0.717) is 0 Å². The molecule has 0 saturated heterocycles. The Morgan fingerprint density at radius 2 is 2.05 bits per heavy atom. The van der Waals surface area contributed by atoms with Crippen LogP contribution in [0.1, 0.15) is 10.4 Å². The molecule has 114 valence electrons. The predicted molar refractivity (Wildman–Crippen MR) is 59.7 cm³/mol. The van der Waals surface area contributed by atoms with E-state index >= 15 is 0 Å². The molecule has 1 aromatic rings. The fraction of sp³-hybridized carbons (Fsp3) is 0.222. The Bertz CT molecular complexity index is 514. The number of nitrogens with one attached hydrogen (secondary N) is 2. The number of hydrogen-bond acceptors (Lipinski definition) is 3. The quantitative estimate of drug-likeness (QED) is 0.222. The van der Waals surface area contributed by atoms with Crippen LogP contribution in [-0.2, 0) is 0 Å². The van der Waals surface area contributed by atoms with Crippen LogP contribution in [0, 0.1) is 8.78 Å². The fourth-order valence-corrected chi connectivity index (χ4v) is 3.31. The first-order chi connectivity index (χ1) is 9.11. The normalized spacial score (nSPS) is 13.3. The molecule has 0 saturated carbocycles. The maximum absolute atomic E-state index is 12.0. The Morgan fingerprint density at radius 1 is 1.45 bits per heavy atom. The van der Waals surface area contributed by atoms with E-state index in [2.05, 4.69) is 0 Å². The Kier molecular flexibility index (Phi) is 6.28. The predicted octanol–water partition coefficient (Wildman–Crippen LogP) is -1.77. The average molecular weight is 446 g/mol. The van der Waals surface area contributed by atoms with Gasteiger partial charge < -0.3 is 0 Å². The van der Waals surface area contributed by atoms with Gasteiger partial charge in [0.2, 0.25) is 0 Å². The van der Waals surface area contributed by atoms with Crippen LogP contribution in [0.5, 0.6) is 0 Å². The molecule has 0 bridgehead atoms. The third-order valence-corrected chi connectivity index (χ3v) is 4.87. The molecule has 0 aromatic heterocycles. The molecule has 1 aromatic carbocycles. The Morgan fingerprint density at radius 3 is 2.55 bits per heavy atom. The summed E-state index contributed by atoms with van der Waals surface area (Å²) >= 11 is 10.0. The van der Waals surface area contributed by atoms with Gasteiger partial charge in [0.05, 0.1) is 0 Å². The zero-order chi connectivity index (χ0) is 15.5. The number of hydrogen-bond donors (Lipinski definition) is 3. The van der Waals surface area contributed by atoms with Crippen molar-refractivity contribution in [1.82, 2.24) is 5.32 Å². The van der Waals surface area contributed by atoms with Gasteiger partial charge in [-0.2, -0.15) is 0 Å². The van der Waals surface area contributed by atoms with Gasteiger partial charge in [0.1, 0.15) is 0 Å². The molecule has 0 radical (unpaired) electrons.